The molecule has 2 aromatic rings. The van der Waals surface area contributed by atoms with E-state index < -0.39 is 0 Å². The van der Waals surface area contributed by atoms with Crippen molar-refractivity contribution < 1.29 is 19.1 Å². The number of ketones is 1. The van der Waals surface area contributed by atoms with Crippen LogP contribution < -0.4 is 4.74 Å². The van der Waals surface area contributed by atoms with Gasteiger partial charge in [-0.25, -0.2) is 0 Å². The van der Waals surface area contributed by atoms with Gasteiger partial charge in [-0.05, 0) is 44.0 Å². The van der Waals surface area contributed by atoms with E-state index in [4.69, 9.17) is 4.74 Å². The van der Waals surface area contributed by atoms with Crippen molar-refractivity contribution in [2.45, 2.75) is 19.8 Å². The summed E-state index contributed by atoms with van der Waals surface area (Å²) in [5.74, 6) is 0.0595. The second kappa shape index (κ2) is 7.30. The Morgan fingerprint density at radius 2 is 1.52 bits per heavy atom. The van der Waals surface area contributed by atoms with Crippen LogP contribution in [0.3, 0.4) is 0 Å². The molecule has 0 aliphatic carbocycles. The summed E-state index contributed by atoms with van der Waals surface area (Å²) in [4.78, 5) is 37.3. The first kappa shape index (κ1) is 16.9. The SMILES string of the molecule is CC(=O)c1ccccc1OCCCCN1C(=O)c2ccccc2C1=O. The summed E-state index contributed by atoms with van der Waals surface area (Å²) in [7, 11) is 0. The topological polar surface area (TPSA) is 63.7 Å². The molecule has 5 heteroatoms. The fourth-order valence-corrected chi connectivity index (χ4v) is 2.88. The Balaban J connectivity index is 1.50. The van der Waals surface area contributed by atoms with Gasteiger partial charge in [0, 0.05) is 6.54 Å². The Labute approximate surface area is 146 Å². The molecule has 1 heterocycles. The van der Waals surface area contributed by atoms with Crippen molar-refractivity contribution in [2.75, 3.05) is 13.2 Å². The van der Waals surface area contributed by atoms with E-state index in [0.29, 0.717) is 48.4 Å². The zero-order chi connectivity index (χ0) is 17.8. The van der Waals surface area contributed by atoms with Crippen molar-refractivity contribution in [3.63, 3.8) is 0 Å². The van der Waals surface area contributed by atoms with Gasteiger partial charge in [0.05, 0.1) is 23.3 Å². The maximum Gasteiger partial charge on any atom is 0.261 e. The van der Waals surface area contributed by atoms with E-state index in [-0.39, 0.29) is 17.6 Å². The Bertz CT molecular complexity index is 793. The number of carbonyl (C=O) groups is 3. The number of amides is 2. The summed E-state index contributed by atoms with van der Waals surface area (Å²) < 4.78 is 5.67. The van der Waals surface area contributed by atoms with Crippen molar-refractivity contribution in [1.82, 2.24) is 4.90 Å². The van der Waals surface area contributed by atoms with Gasteiger partial charge >= 0.3 is 0 Å². The van der Waals surface area contributed by atoms with E-state index >= 15 is 0 Å². The minimum absolute atomic E-state index is 0.0402. The van der Waals surface area contributed by atoms with Crippen LogP contribution in [0.2, 0.25) is 0 Å². The molecule has 1 aliphatic heterocycles. The summed E-state index contributed by atoms with van der Waals surface area (Å²) in [6.07, 6.45) is 1.33. The predicted molar refractivity (Wildman–Crippen MR) is 93.0 cm³/mol. The number of benzene rings is 2. The number of para-hydroxylation sites is 1. The number of hydrogen-bond donors (Lipinski definition) is 0. The minimum atomic E-state index is -0.233. The van der Waals surface area contributed by atoms with E-state index in [1.54, 1.807) is 42.5 Å². The summed E-state index contributed by atoms with van der Waals surface area (Å²) in [6, 6.07) is 14.0. The Morgan fingerprint density at radius 1 is 0.920 bits per heavy atom. The van der Waals surface area contributed by atoms with Crippen LogP contribution in [0.5, 0.6) is 5.75 Å². The van der Waals surface area contributed by atoms with Gasteiger partial charge < -0.3 is 4.74 Å². The van der Waals surface area contributed by atoms with E-state index in [1.165, 1.54) is 11.8 Å². The molecule has 0 saturated carbocycles. The van der Waals surface area contributed by atoms with Crippen LogP contribution in [0.15, 0.2) is 48.5 Å². The van der Waals surface area contributed by atoms with Crippen LogP contribution in [0.25, 0.3) is 0 Å². The maximum atomic E-state index is 12.2. The number of Topliss-reactive ketones (excluding diaryl/α,β-unsaturated/α-hetero) is 1. The molecule has 0 spiro atoms. The summed E-state index contributed by atoms with van der Waals surface area (Å²) in [5.41, 5.74) is 1.50. The van der Waals surface area contributed by atoms with Crippen LogP contribution in [0.4, 0.5) is 0 Å². The highest BCUT2D eigenvalue weighted by atomic mass is 16.5. The lowest BCUT2D eigenvalue weighted by Gasteiger charge is -2.14. The molecule has 0 saturated heterocycles. The second-order valence-corrected chi connectivity index (χ2v) is 5.92. The third kappa shape index (κ3) is 3.45. The van der Waals surface area contributed by atoms with E-state index in [1.807, 2.05) is 6.07 Å². The largest absolute Gasteiger partial charge is 0.493 e. The molecular formula is C20H19NO4. The van der Waals surface area contributed by atoms with Crippen molar-refractivity contribution in [2.24, 2.45) is 0 Å². The van der Waals surface area contributed by atoms with Crippen molar-refractivity contribution in [3.8, 4) is 5.75 Å². The Hall–Kier alpha value is -2.95. The van der Waals surface area contributed by atoms with Crippen LogP contribution in [0, 0.1) is 0 Å². The summed E-state index contributed by atoms with van der Waals surface area (Å²) in [5, 5.41) is 0. The normalized spacial score (nSPS) is 13.1. The number of nitrogens with zero attached hydrogens (tertiary/aromatic N) is 1. The maximum absolute atomic E-state index is 12.2. The quantitative estimate of drug-likeness (QED) is 0.441. The fraction of sp³-hybridized carbons (Fsp3) is 0.250. The number of imide groups is 1. The smallest absolute Gasteiger partial charge is 0.261 e. The number of ether oxygens (including phenoxy) is 1. The molecule has 0 N–H and O–H groups in total. The molecule has 0 aromatic heterocycles. The van der Waals surface area contributed by atoms with Crippen LogP contribution in [-0.2, 0) is 0 Å². The highest BCUT2D eigenvalue weighted by molar-refractivity contribution is 6.21. The monoisotopic (exact) mass is 337 g/mol. The molecule has 0 radical (unpaired) electrons. The first-order valence-corrected chi connectivity index (χ1v) is 8.27. The van der Waals surface area contributed by atoms with E-state index in [2.05, 4.69) is 0 Å². The molecule has 0 bridgehead atoms. The lowest BCUT2D eigenvalue weighted by molar-refractivity contribution is 0.0649. The molecule has 25 heavy (non-hydrogen) atoms. The zero-order valence-electron chi connectivity index (χ0n) is 14.0. The highest BCUT2D eigenvalue weighted by Crippen LogP contribution is 2.23. The summed E-state index contributed by atoms with van der Waals surface area (Å²) >= 11 is 0. The molecule has 5 nitrogen and oxygen atoms in total. The average Bonchev–Trinajstić information content (AvgIpc) is 2.87. The number of carbonyl (C=O) groups excluding carboxylic acids is 3. The first-order chi connectivity index (χ1) is 12.1. The van der Waals surface area contributed by atoms with Crippen LogP contribution in [0.1, 0.15) is 50.8 Å². The Kier molecular flexibility index (Phi) is 4.93. The number of hydrogen-bond acceptors (Lipinski definition) is 4. The van der Waals surface area contributed by atoms with Gasteiger partial charge in [0.15, 0.2) is 5.78 Å². The average molecular weight is 337 g/mol. The van der Waals surface area contributed by atoms with Crippen LogP contribution in [-0.4, -0.2) is 35.6 Å². The van der Waals surface area contributed by atoms with E-state index in [9.17, 15) is 14.4 Å². The molecule has 0 atom stereocenters. The molecular weight excluding hydrogens is 318 g/mol. The van der Waals surface area contributed by atoms with Gasteiger partial charge in [-0.1, -0.05) is 24.3 Å². The number of fused-ring (bicyclic) bond motifs is 1. The molecule has 128 valence electrons. The number of unbranched alkanes of at least 4 members (excludes halogenated alkanes) is 1. The van der Waals surface area contributed by atoms with Gasteiger partial charge in [-0.15, -0.1) is 0 Å². The van der Waals surface area contributed by atoms with E-state index in [0.717, 1.165) is 0 Å². The molecule has 0 fully saturated rings. The van der Waals surface area contributed by atoms with Gasteiger partial charge in [0.1, 0.15) is 5.75 Å². The fourth-order valence-electron chi connectivity index (χ4n) is 2.88. The predicted octanol–water partition coefficient (Wildman–Crippen LogP) is 3.34. The minimum Gasteiger partial charge on any atom is -0.493 e. The third-order valence-corrected chi connectivity index (χ3v) is 4.18. The Morgan fingerprint density at radius 3 is 2.16 bits per heavy atom. The first-order valence-electron chi connectivity index (χ1n) is 8.27. The van der Waals surface area contributed by atoms with Gasteiger partial charge in [-0.3, -0.25) is 19.3 Å². The standard InChI is InChI=1S/C20H19NO4/c1-14(22)15-8-4-5-11-18(15)25-13-7-6-12-21-19(23)16-9-2-3-10-17(16)20(21)24/h2-5,8-11H,6-7,12-13H2,1H3. The molecule has 0 unspecified atom stereocenters. The summed E-state index contributed by atoms with van der Waals surface area (Å²) in [6.45, 7) is 2.29. The van der Waals surface area contributed by atoms with Crippen molar-refractivity contribution >= 4 is 17.6 Å². The third-order valence-electron chi connectivity index (χ3n) is 4.18. The number of rotatable bonds is 7. The molecule has 2 amide bonds. The second-order valence-electron chi connectivity index (χ2n) is 5.92. The molecule has 1 aliphatic rings. The van der Waals surface area contributed by atoms with Gasteiger partial charge in [0.2, 0.25) is 0 Å². The lowest BCUT2D eigenvalue weighted by atomic mass is 10.1. The lowest BCUT2D eigenvalue weighted by Crippen LogP contribution is -2.30. The highest BCUT2D eigenvalue weighted by Gasteiger charge is 2.34. The molecule has 2 aromatic carbocycles. The van der Waals surface area contributed by atoms with Crippen molar-refractivity contribution in [1.29, 1.82) is 0 Å². The zero-order valence-corrected chi connectivity index (χ0v) is 14.0. The van der Waals surface area contributed by atoms with Crippen molar-refractivity contribution in [3.05, 3.63) is 65.2 Å². The molecule has 3 rings (SSSR count). The van der Waals surface area contributed by atoms with Crippen LogP contribution >= 0.6 is 0 Å². The van der Waals surface area contributed by atoms with Gasteiger partial charge in [0.25, 0.3) is 11.8 Å². The van der Waals surface area contributed by atoms with Gasteiger partial charge in [-0.2, -0.15) is 0 Å².